The molecule has 0 aromatic rings. The Balaban J connectivity index is 1.33. The molecule has 1 aliphatic heterocycles. The number of aliphatic carboxylic acids is 1. The van der Waals surface area contributed by atoms with E-state index in [1.165, 1.54) is 63.6 Å². The first-order chi connectivity index (χ1) is 16.6. The molecule has 0 bridgehead atoms. The SMILES string of the molecule is CC1C(N2CCCC2)CCC2(C)C1CCC1(C)C3CCC4(C)CCC(C(=O)O)CC4C3=CC(=O)C12. The Kier molecular flexibility index (Phi) is 5.65. The van der Waals surface area contributed by atoms with Crippen molar-refractivity contribution in [2.24, 2.45) is 51.8 Å². The van der Waals surface area contributed by atoms with Gasteiger partial charge in [0.2, 0.25) is 0 Å². The van der Waals surface area contributed by atoms with Crippen LogP contribution in [0.5, 0.6) is 0 Å². The molecule has 1 saturated heterocycles. The summed E-state index contributed by atoms with van der Waals surface area (Å²) < 4.78 is 0. The molecule has 10 unspecified atom stereocenters. The molecule has 0 spiro atoms. The van der Waals surface area contributed by atoms with E-state index in [4.69, 9.17) is 0 Å². The summed E-state index contributed by atoms with van der Waals surface area (Å²) in [4.78, 5) is 28.9. The fraction of sp³-hybridized carbons (Fsp3) is 0.871. The number of carboxylic acids is 1. The highest BCUT2D eigenvalue weighted by Gasteiger charge is 2.65. The summed E-state index contributed by atoms with van der Waals surface area (Å²) in [7, 11) is 0. The van der Waals surface area contributed by atoms with Crippen LogP contribution in [0.4, 0.5) is 0 Å². The maximum atomic E-state index is 14.2. The normalized spacial score (nSPS) is 52.1. The Morgan fingerprint density at radius 2 is 1.63 bits per heavy atom. The second kappa shape index (κ2) is 8.17. The Hall–Kier alpha value is -1.16. The van der Waals surface area contributed by atoms with E-state index in [0.29, 0.717) is 29.6 Å². The highest BCUT2D eigenvalue weighted by molar-refractivity contribution is 5.95. The summed E-state index contributed by atoms with van der Waals surface area (Å²) >= 11 is 0. The van der Waals surface area contributed by atoms with E-state index < -0.39 is 5.97 Å². The Morgan fingerprint density at radius 3 is 2.34 bits per heavy atom. The van der Waals surface area contributed by atoms with Gasteiger partial charge in [-0.25, -0.2) is 0 Å². The molecule has 35 heavy (non-hydrogen) atoms. The molecule has 5 fully saturated rings. The van der Waals surface area contributed by atoms with E-state index in [9.17, 15) is 14.7 Å². The molecule has 0 radical (unpaired) electrons. The molecular formula is C31H47NO3. The minimum Gasteiger partial charge on any atom is -0.481 e. The van der Waals surface area contributed by atoms with Gasteiger partial charge in [-0.1, -0.05) is 33.3 Å². The van der Waals surface area contributed by atoms with Crippen LogP contribution in [0.2, 0.25) is 0 Å². The number of hydrogen-bond acceptors (Lipinski definition) is 3. The molecule has 1 N–H and O–H groups in total. The maximum Gasteiger partial charge on any atom is 0.306 e. The van der Waals surface area contributed by atoms with Crippen molar-refractivity contribution < 1.29 is 14.7 Å². The zero-order valence-corrected chi connectivity index (χ0v) is 22.5. The van der Waals surface area contributed by atoms with Gasteiger partial charge in [0.1, 0.15) is 0 Å². The van der Waals surface area contributed by atoms with Crippen molar-refractivity contribution in [2.45, 2.75) is 104 Å². The van der Waals surface area contributed by atoms with Crippen LogP contribution in [0.3, 0.4) is 0 Å². The van der Waals surface area contributed by atoms with Gasteiger partial charge in [-0.05, 0) is 130 Å². The second-order valence-corrected chi connectivity index (χ2v) is 14.5. The molecule has 1 heterocycles. The first-order valence-electron chi connectivity index (χ1n) is 14.8. The lowest BCUT2D eigenvalue weighted by molar-refractivity contribution is -0.165. The molecule has 194 valence electrons. The lowest BCUT2D eigenvalue weighted by atomic mass is 9.38. The number of carbonyl (C=O) groups excluding carboxylic acids is 1. The van der Waals surface area contributed by atoms with Crippen LogP contribution in [0, 0.1) is 51.8 Å². The standard InChI is InChI=1S/C31H47NO3/c1-19-22-9-13-31(4)23-8-12-29(2)11-7-20(28(34)35)17-24(29)21(23)18-26(33)27(31)30(22,3)14-10-25(19)32-15-5-6-16-32/h18-20,22-25,27H,5-17H2,1-4H3,(H,34,35). The van der Waals surface area contributed by atoms with Crippen molar-refractivity contribution in [3.05, 3.63) is 11.6 Å². The maximum absolute atomic E-state index is 14.2. The topological polar surface area (TPSA) is 57.6 Å². The minimum absolute atomic E-state index is 0.0319. The largest absolute Gasteiger partial charge is 0.481 e. The number of hydrogen-bond donors (Lipinski definition) is 1. The number of carboxylic acid groups (broad SMARTS) is 1. The van der Waals surface area contributed by atoms with Gasteiger partial charge in [0.05, 0.1) is 5.92 Å². The van der Waals surface area contributed by atoms with Crippen LogP contribution in [0.15, 0.2) is 11.6 Å². The number of nitrogens with zero attached hydrogens (tertiary/aromatic N) is 1. The summed E-state index contributed by atoms with van der Waals surface area (Å²) in [6.07, 6.45) is 14.5. The molecule has 0 aromatic heterocycles. The third kappa shape index (κ3) is 3.40. The average molecular weight is 482 g/mol. The molecule has 0 amide bonds. The number of carbonyl (C=O) groups is 2. The van der Waals surface area contributed by atoms with Crippen LogP contribution >= 0.6 is 0 Å². The van der Waals surface area contributed by atoms with Crippen LogP contribution in [0.25, 0.3) is 0 Å². The number of ketones is 1. The first kappa shape index (κ1) is 24.2. The van der Waals surface area contributed by atoms with Gasteiger partial charge < -0.3 is 10.0 Å². The third-order valence-electron chi connectivity index (χ3n) is 13.0. The Labute approximate surface area is 212 Å². The van der Waals surface area contributed by atoms with Crippen LogP contribution in [-0.4, -0.2) is 40.9 Å². The Bertz CT molecular complexity index is 936. The van der Waals surface area contributed by atoms with Crippen molar-refractivity contribution in [1.29, 1.82) is 0 Å². The van der Waals surface area contributed by atoms with Crippen molar-refractivity contribution in [1.82, 2.24) is 4.90 Å². The second-order valence-electron chi connectivity index (χ2n) is 14.5. The van der Waals surface area contributed by atoms with Crippen LogP contribution < -0.4 is 0 Å². The van der Waals surface area contributed by atoms with Crippen LogP contribution in [0.1, 0.15) is 98.3 Å². The van der Waals surface area contributed by atoms with Gasteiger partial charge in [0, 0.05) is 12.0 Å². The lowest BCUT2D eigenvalue weighted by Gasteiger charge is -2.66. The van der Waals surface area contributed by atoms with Crippen LogP contribution in [-0.2, 0) is 9.59 Å². The monoisotopic (exact) mass is 481 g/mol. The molecule has 4 nitrogen and oxygen atoms in total. The van der Waals surface area contributed by atoms with Gasteiger partial charge in [0.25, 0.3) is 0 Å². The summed E-state index contributed by atoms with van der Waals surface area (Å²) in [6.45, 7) is 12.4. The predicted molar refractivity (Wildman–Crippen MR) is 138 cm³/mol. The summed E-state index contributed by atoms with van der Waals surface area (Å²) in [6, 6.07) is 0.704. The third-order valence-corrected chi connectivity index (χ3v) is 13.0. The Morgan fingerprint density at radius 1 is 0.943 bits per heavy atom. The molecule has 0 aromatic carbocycles. The van der Waals surface area contributed by atoms with Crippen molar-refractivity contribution in [2.75, 3.05) is 13.1 Å². The fourth-order valence-electron chi connectivity index (χ4n) is 11.2. The zero-order valence-electron chi connectivity index (χ0n) is 22.5. The van der Waals surface area contributed by atoms with Gasteiger partial charge >= 0.3 is 5.97 Å². The number of allylic oxidation sites excluding steroid dienone is 2. The van der Waals surface area contributed by atoms with Crippen molar-refractivity contribution in [3.8, 4) is 0 Å². The smallest absolute Gasteiger partial charge is 0.306 e. The van der Waals surface area contributed by atoms with E-state index >= 15 is 0 Å². The number of fused-ring (bicyclic) bond motifs is 7. The van der Waals surface area contributed by atoms with Gasteiger partial charge in [-0.2, -0.15) is 0 Å². The number of likely N-dealkylation sites (tertiary alicyclic amines) is 1. The zero-order chi connectivity index (χ0) is 24.8. The molecule has 5 aliphatic carbocycles. The minimum atomic E-state index is -0.641. The van der Waals surface area contributed by atoms with Gasteiger partial charge in [-0.3, -0.25) is 9.59 Å². The molecule has 4 saturated carbocycles. The van der Waals surface area contributed by atoms with Gasteiger partial charge in [0.15, 0.2) is 5.78 Å². The number of rotatable bonds is 2. The lowest BCUT2D eigenvalue weighted by Crippen LogP contribution is -2.63. The first-order valence-corrected chi connectivity index (χ1v) is 14.8. The van der Waals surface area contributed by atoms with E-state index in [2.05, 4.69) is 38.7 Å². The van der Waals surface area contributed by atoms with E-state index in [-0.39, 0.29) is 34.0 Å². The highest BCUT2D eigenvalue weighted by Crippen LogP contribution is 2.69. The molecular weight excluding hydrogens is 434 g/mol. The van der Waals surface area contributed by atoms with E-state index in [1.54, 1.807) is 0 Å². The summed E-state index contributed by atoms with van der Waals surface area (Å²) in [5, 5.41) is 9.80. The fourth-order valence-corrected chi connectivity index (χ4v) is 11.2. The van der Waals surface area contributed by atoms with Gasteiger partial charge in [-0.15, -0.1) is 0 Å². The summed E-state index contributed by atoms with van der Waals surface area (Å²) in [5.41, 5.74) is 1.65. The van der Waals surface area contributed by atoms with Crippen molar-refractivity contribution in [3.63, 3.8) is 0 Å². The van der Waals surface area contributed by atoms with E-state index in [0.717, 1.165) is 25.7 Å². The summed E-state index contributed by atoms with van der Waals surface area (Å²) in [5.74, 6) is 1.67. The van der Waals surface area contributed by atoms with Crippen molar-refractivity contribution >= 4 is 11.8 Å². The predicted octanol–water partition coefficient (Wildman–Crippen LogP) is 6.35. The molecule has 6 rings (SSSR count). The average Bonchev–Trinajstić information content (AvgIpc) is 3.32. The molecule has 4 heteroatoms. The highest BCUT2D eigenvalue weighted by atomic mass is 16.4. The molecule has 6 aliphatic rings. The molecule has 10 atom stereocenters. The van der Waals surface area contributed by atoms with E-state index in [1.807, 2.05) is 0 Å². The quantitative estimate of drug-likeness (QED) is 0.499.